The molecule has 8 aromatic carbocycles. The van der Waals surface area contributed by atoms with E-state index < -0.39 is 33.7 Å². The fraction of sp³-hybridized carbons (Fsp3) is 0.480. The second kappa shape index (κ2) is 51.9. The van der Waals surface area contributed by atoms with Gasteiger partial charge in [-0.25, -0.2) is 8.42 Å². The maximum Gasteiger partial charge on any atom is 0.391 e. The van der Waals surface area contributed by atoms with Gasteiger partial charge in [-0.15, -0.1) is 0 Å². The van der Waals surface area contributed by atoms with E-state index >= 15 is 0 Å². The van der Waals surface area contributed by atoms with E-state index in [0.29, 0.717) is 29.8 Å². The van der Waals surface area contributed by atoms with E-state index in [0.717, 1.165) is 95.3 Å². The van der Waals surface area contributed by atoms with Gasteiger partial charge in [-0.3, -0.25) is 19.2 Å². The van der Waals surface area contributed by atoms with Crippen molar-refractivity contribution in [2.24, 2.45) is 23.2 Å². The number of esters is 3. The summed E-state index contributed by atoms with van der Waals surface area (Å²) in [7, 11) is -5.86. The zero-order valence-corrected chi connectivity index (χ0v) is 75.0. The van der Waals surface area contributed by atoms with Crippen LogP contribution in [0.15, 0.2) is 227 Å². The first-order valence-electron chi connectivity index (χ1n) is 43.5. The molecule has 7 unspecified atom stereocenters. The van der Waals surface area contributed by atoms with Crippen molar-refractivity contribution in [1.82, 2.24) is 0 Å². The van der Waals surface area contributed by atoms with Gasteiger partial charge in [0.05, 0.1) is 41.0 Å². The van der Waals surface area contributed by atoms with Gasteiger partial charge in [0, 0.05) is 39.4 Å². The highest BCUT2D eigenvalue weighted by Crippen LogP contribution is 2.48. The first kappa shape index (κ1) is 100. The summed E-state index contributed by atoms with van der Waals surface area (Å²) in [4.78, 5) is 47.7. The molecule has 4 saturated heterocycles. The molecule has 18 nitrogen and oxygen atoms in total. The van der Waals surface area contributed by atoms with Crippen LogP contribution in [-0.4, -0.2) is 115 Å². The minimum Gasteiger partial charge on any atom is -0.743 e. The number of aryl methyl sites for hydroxylation is 5. The SMILES string of the molecule is CC(C)C(=O)OC1C2CC3C(=O)OC1C3O2.CCC(=O)C(F)(F)S(=O)(=O)[O-].CCc1ccc(O)cc1.CCc1ccc(O)cc1.CCc1ccc(OC(C)=O)cc1.CCc1ccc(OC(CC(C)(C)C)OC2CCCCC2)cc1.CCc1ccc(OC(CC2CCCCC2)OC2CCOCC2)cc1.c1ccc([S+](c2ccccc2)c2ccccc2)cc1. The normalized spacial score (nSPS) is 18.4. The lowest BCUT2D eigenvalue weighted by atomic mass is 9.87. The van der Waals surface area contributed by atoms with Crippen molar-refractivity contribution in [2.45, 2.75) is 287 Å². The van der Waals surface area contributed by atoms with Crippen LogP contribution in [0.4, 0.5) is 8.78 Å². The van der Waals surface area contributed by atoms with Crippen LogP contribution in [0, 0.1) is 23.2 Å². The fourth-order valence-electron chi connectivity index (χ4n) is 14.3. The Labute approximate surface area is 726 Å². The lowest BCUT2D eigenvalue weighted by Crippen LogP contribution is -2.40. The molecular weight excluding hydrogens is 1590 g/mol. The van der Waals surface area contributed by atoms with Crippen molar-refractivity contribution in [3.8, 4) is 28.7 Å². The number of hydrogen-bond acceptors (Lipinski definition) is 18. The smallest absolute Gasteiger partial charge is 0.391 e. The van der Waals surface area contributed by atoms with E-state index in [4.69, 9.17) is 52.8 Å². The molecule has 664 valence electrons. The Morgan fingerprint density at radius 3 is 1.29 bits per heavy atom. The number of phenols is 2. The Morgan fingerprint density at radius 1 is 0.525 bits per heavy atom. The highest BCUT2D eigenvalue weighted by molar-refractivity contribution is 7.97. The predicted molar refractivity (Wildman–Crippen MR) is 474 cm³/mol. The minimum absolute atomic E-state index is 0.0146. The highest BCUT2D eigenvalue weighted by atomic mass is 32.2. The Morgan fingerprint density at radius 2 is 0.910 bits per heavy atom. The average Bonchev–Trinajstić information content (AvgIpc) is 1.57. The Hall–Kier alpha value is -9.00. The molecule has 122 heavy (non-hydrogen) atoms. The minimum atomic E-state index is -5.85. The van der Waals surface area contributed by atoms with Crippen LogP contribution >= 0.6 is 0 Å². The number of Topliss-reactive ketones (excluding diaryl/α,β-unsaturated/α-hetero) is 1. The molecule has 2 N–H and O–H groups in total. The molecule has 6 fully saturated rings. The zero-order valence-electron chi connectivity index (χ0n) is 73.3. The van der Waals surface area contributed by atoms with Crippen LogP contribution in [-0.2, 0) is 101 Å². The molecule has 22 heteroatoms. The molecule has 0 spiro atoms. The highest BCUT2D eigenvalue weighted by Gasteiger charge is 2.65. The molecule has 2 saturated carbocycles. The number of rotatable bonds is 25. The van der Waals surface area contributed by atoms with Gasteiger partial charge in [0.15, 0.2) is 43.3 Å². The summed E-state index contributed by atoms with van der Waals surface area (Å²) in [6.45, 7) is 25.0. The number of halogens is 2. The molecular formula is C100H130F2O18S2. The molecule has 6 aliphatic rings. The zero-order chi connectivity index (χ0) is 88.6. The molecule has 14 rings (SSSR count). The molecule has 0 aromatic heterocycles. The van der Waals surface area contributed by atoms with E-state index in [1.807, 2.05) is 36.4 Å². The standard InChI is InChI=1S/C21H32O3.C20H32O2.C18H15S.C11H14O5.C10H12O2.2C8H10O.C4H6F2O4S/c1-2-17-8-10-19(11-9-17)23-21(16-18-6-4-3-5-7-18)24-20-12-14-22-15-13-20;1-5-16-11-13-18(14-12-16)22-19(15-20(2,3)4)21-17-9-7-6-8-10-17;1-4-10-16(11-5-1)19(17-12-6-2-7-13-17)18-14-8-3-9-15-18;1-4(2)10(12)15-8-6-3-5-7(14-6)9(8)16-11(5)13;1-3-9-4-6-10(7-5-9)12-8(2)11;2*1-2-7-3-5-8(9)6-4-7;1-2-3(7)4(5,6)11(8,9)10/h8-11,18,20-21H,2-7,12-16H2,1H3;11-14,17,19H,5-10,15H2,1-4H3;1-15H;4-9H,3H2,1-2H3;4-7H,3H2,1-2H3;2*3-6,9H,2H2,1H3;2H2,1H3,(H,8,9,10)/q;;+1;;;;;/p-1. The molecule has 2 bridgehead atoms. The predicted octanol–water partition coefficient (Wildman–Crippen LogP) is 22.1. The number of ether oxygens (including phenoxy) is 9. The number of phenolic OH excluding ortho intramolecular Hbond substituents is 2. The summed E-state index contributed by atoms with van der Waals surface area (Å²) in [6.07, 6.45) is 21.3. The quantitative estimate of drug-likeness (QED) is 0.0177. The summed E-state index contributed by atoms with van der Waals surface area (Å²) >= 11 is 0. The van der Waals surface area contributed by atoms with E-state index in [2.05, 4.69) is 195 Å². The molecule has 0 amide bonds. The van der Waals surface area contributed by atoms with Crippen LogP contribution < -0.4 is 14.2 Å². The molecule has 7 atom stereocenters. The summed E-state index contributed by atoms with van der Waals surface area (Å²) in [6, 6.07) is 71.1. The van der Waals surface area contributed by atoms with Gasteiger partial charge in [0.2, 0.25) is 12.1 Å². The van der Waals surface area contributed by atoms with Crippen LogP contribution in [0.2, 0.25) is 0 Å². The number of aromatic hydroxyl groups is 2. The summed E-state index contributed by atoms with van der Waals surface area (Å²) < 4.78 is 105. The van der Waals surface area contributed by atoms with E-state index in [1.54, 1.807) is 50.2 Å². The van der Waals surface area contributed by atoms with Gasteiger partial charge in [-0.2, -0.15) is 8.78 Å². The molecule has 8 aromatic rings. The van der Waals surface area contributed by atoms with Gasteiger partial charge >= 0.3 is 23.2 Å². The van der Waals surface area contributed by atoms with Crippen molar-refractivity contribution >= 4 is 44.7 Å². The van der Waals surface area contributed by atoms with E-state index in [1.165, 1.54) is 114 Å². The Balaban J connectivity index is 0.000000196. The van der Waals surface area contributed by atoms with Gasteiger partial charge in [-0.05, 0) is 200 Å². The molecule has 4 heterocycles. The first-order chi connectivity index (χ1) is 58.4. The largest absolute Gasteiger partial charge is 0.743 e. The maximum absolute atomic E-state index is 12.1. The monoisotopic (exact) mass is 1720 g/mol. The first-order valence-corrected chi connectivity index (χ1v) is 46.1. The number of alkyl halides is 2. The second-order valence-corrected chi connectivity index (χ2v) is 35.9. The fourth-order valence-corrected chi connectivity index (χ4v) is 16.8. The van der Waals surface area contributed by atoms with Crippen molar-refractivity contribution in [2.75, 3.05) is 13.2 Å². The number of hydrogen-bond donors (Lipinski definition) is 2. The molecule has 2 aliphatic carbocycles. The van der Waals surface area contributed by atoms with Gasteiger partial charge < -0.3 is 57.4 Å². The van der Waals surface area contributed by atoms with E-state index in [-0.39, 0.29) is 83.0 Å². The van der Waals surface area contributed by atoms with Crippen LogP contribution in [0.1, 0.15) is 214 Å². The summed E-state index contributed by atoms with van der Waals surface area (Å²) in [5.41, 5.74) is 6.64. The third-order valence-corrected chi connectivity index (χ3v) is 24.4. The van der Waals surface area contributed by atoms with Crippen molar-refractivity contribution < 1.29 is 93.8 Å². The van der Waals surface area contributed by atoms with Crippen LogP contribution in [0.5, 0.6) is 28.7 Å². The number of carbonyl (C=O) groups excluding carboxylic acids is 4. The summed E-state index contributed by atoms with van der Waals surface area (Å²) in [5.74, 6) is 0.948. The van der Waals surface area contributed by atoms with Crippen molar-refractivity contribution in [3.05, 3.63) is 240 Å². The van der Waals surface area contributed by atoms with Crippen LogP contribution in [0.3, 0.4) is 0 Å². The van der Waals surface area contributed by atoms with Gasteiger partial charge in [0.25, 0.3) is 0 Å². The number of ketones is 1. The van der Waals surface area contributed by atoms with Crippen molar-refractivity contribution in [1.29, 1.82) is 0 Å². The third kappa shape index (κ3) is 34.6. The van der Waals surface area contributed by atoms with Gasteiger partial charge in [-0.1, -0.05) is 243 Å². The topological polar surface area (TPSA) is 249 Å². The average molecular weight is 1720 g/mol. The van der Waals surface area contributed by atoms with Crippen molar-refractivity contribution in [3.63, 3.8) is 0 Å². The Kier molecular flexibility index (Phi) is 42.6. The summed E-state index contributed by atoms with van der Waals surface area (Å²) in [5, 5.41) is 12.9. The van der Waals surface area contributed by atoms with Gasteiger partial charge in [0.1, 0.15) is 34.9 Å². The number of carbonyl (C=O) groups is 4. The van der Waals surface area contributed by atoms with Crippen LogP contribution in [0.25, 0.3) is 0 Å². The maximum atomic E-state index is 12.1. The molecule has 4 aliphatic heterocycles. The number of fused-ring (bicyclic) bond motifs is 1. The van der Waals surface area contributed by atoms with E-state index in [9.17, 15) is 40.9 Å². The number of benzene rings is 8. The second-order valence-electron chi connectivity index (χ2n) is 32.5. The third-order valence-electron chi connectivity index (χ3n) is 21.3. The Bertz CT molecular complexity index is 4240. The lowest BCUT2D eigenvalue weighted by Gasteiger charge is -2.31. The molecule has 0 radical (unpaired) electrons. The lowest BCUT2D eigenvalue weighted by molar-refractivity contribution is -0.163.